The Hall–Kier alpha value is -1.62. The molecule has 2 N–H and O–H groups in total. The summed E-state index contributed by atoms with van der Waals surface area (Å²) in [6.45, 7) is 1.31. The maximum Gasteiger partial charge on any atom is 0.257 e. The molecule has 5 heteroatoms. The van der Waals surface area contributed by atoms with Gasteiger partial charge in [0.2, 0.25) is 0 Å². The highest BCUT2D eigenvalue weighted by Gasteiger charge is 2.09. The first-order valence-corrected chi connectivity index (χ1v) is 4.85. The lowest BCUT2D eigenvalue weighted by Gasteiger charge is -2.09. The average molecular weight is 227 g/mol. The molecule has 1 atom stereocenters. The highest BCUT2D eigenvalue weighted by atomic mass is 19.1. The molecule has 0 heterocycles. The molecule has 0 unspecified atom stereocenters. The molecule has 4 nitrogen and oxygen atoms in total. The maximum atomic E-state index is 13.4. The van der Waals surface area contributed by atoms with E-state index in [0.717, 1.165) is 6.07 Å². The van der Waals surface area contributed by atoms with Crippen LogP contribution in [0.3, 0.4) is 0 Å². The second-order valence-electron chi connectivity index (χ2n) is 3.32. The molecule has 0 radical (unpaired) electrons. The lowest BCUT2D eigenvalue weighted by Crippen LogP contribution is -2.24. The van der Waals surface area contributed by atoms with Gasteiger partial charge in [0, 0.05) is 18.7 Å². The van der Waals surface area contributed by atoms with Gasteiger partial charge in [0.1, 0.15) is 11.6 Å². The summed E-state index contributed by atoms with van der Waals surface area (Å²) in [5, 5.41) is 11.6. The fourth-order valence-corrected chi connectivity index (χ4v) is 1.16. The number of rotatable bonds is 4. The van der Waals surface area contributed by atoms with Crippen LogP contribution in [0.4, 0.5) is 4.39 Å². The maximum absolute atomic E-state index is 13.4. The summed E-state index contributed by atoms with van der Waals surface area (Å²) < 4.78 is 18.4. The van der Waals surface area contributed by atoms with Crippen LogP contribution in [0.25, 0.3) is 0 Å². The minimum atomic E-state index is -0.868. The van der Waals surface area contributed by atoms with Crippen LogP contribution >= 0.6 is 0 Å². The molecule has 1 aromatic carbocycles. The zero-order chi connectivity index (χ0) is 12.1. The summed E-state index contributed by atoms with van der Waals surface area (Å²) in [7, 11) is 1.49. The molecule has 0 bridgehead atoms. The van der Waals surface area contributed by atoms with Crippen LogP contribution in [-0.2, 0) is 4.79 Å². The lowest BCUT2D eigenvalue weighted by molar-refractivity contribution is -0.122. The third-order valence-electron chi connectivity index (χ3n) is 2.07. The van der Waals surface area contributed by atoms with Crippen molar-refractivity contribution in [3.05, 3.63) is 29.6 Å². The molecule has 0 fully saturated rings. The van der Waals surface area contributed by atoms with Gasteiger partial charge in [0.05, 0.1) is 6.10 Å². The van der Waals surface area contributed by atoms with E-state index in [-0.39, 0.29) is 23.8 Å². The summed E-state index contributed by atoms with van der Waals surface area (Å²) in [6.07, 6.45) is -0.868. The van der Waals surface area contributed by atoms with E-state index in [0.29, 0.717) is 0 Å². The van der Waals surface area contributed by atoms with Gasteiger partial charge in [-0.25, -0.2) is 4.39 Å². The van der Waals surface area contributed by atoms with Crippen molar-refractivity contribution >= 4 is 5.91 Å². The number of aliphatic hydroxyl groups excluding tert-OH is 1. The molecule has 1 rings (SSSR count). The van der Waals surface area contributed by atoms with E-state index < -0.39 is 11.9 Å². The molecule has 0 aliphatic heterocycles. The number of carbonyl (C=O) groups excluding carboxylic acids is 1. The van der Waals surface area contributed by atoms with Crippen LogP contribution in [0.2, 0.25) is 0 Å². The van der Waals surface area contributed by atoms with E-state index in [4.69, 9.17) is 4.74 Å². The summed E-state index contributed by atoms with van der Waals surface area (Å²) in [5.74, 6) is -0.588. The number of hydrogen-bond donors (Lipinski definition) is 2. The number of amides is 1. The van der Waals surface area contributed by atoms with Gasteiger partial charge in [-0.1, -0.05) is 0 Å². The van der Waals surface area contributed by atoms with Gasteiger partial charge >= 0.3 is 0 Å². The van der Waals surface area contributed by atoms with Crippen molar-refractivity contribution in [3.8, 4) is 5.75 Å². The molecule has 0 spiro atoms. The third kappa shape index (κ3) is 3.20. The second kappa shape index (κ2) is 5.46. The molecule has 1 aromatic rings. The third-order valence-corrected chi connectivity index (χ3v) is 2.07. The standard InChI is InChI=1S/C11H14FNO3/c1-7(14)9-4-3-8(5-10(9)12)16-6-11(15)13-2/h3-5,7,14H,6H2,1-2H3,(H,13,15)/t7-/m0/s1. The number of aliphatic hydroxyl groups is 1. The molecule has 1 amide bonds. The first-order chi connectivity index (χ1) is 7.54. The quantitative estimate of drug-likeness (QED) is 0.806. The highest BCUT2D eigenvalue weighted by molar-refractivity contribution is 5.77. The fourth-order valence-electron chi connectivity index (χ4n) is 1.16. The van der Waals surface area contributed by atoms with Gasteiger partial charge in [-0.3, -0.25) is 4.79 Å². The van der Waals surface area contributed by atoms with E-state index in [9.17, 15) is 14.3 Å². The minimum Gasteiger partial charge on any atom is -0.484 e. The second-order valence-corrected chi connectivity index (χ2v) is 3.32. The molecule has 88 valence electrons. The molecule has 0 saturated heterocycles. The van der Waals surface area contributed by atoms with Crippen molar-refractivity contribution in [1.29, 1.82) is 0 Å². The fraction of sp³-hybridized carbons (Fsp3) is 0.364. The molecule has 0 aromatic heterocycles. The monoisotopic (exact) mass is 227 g/mol. The first-order valence-electron chi connectivity index (χ1n) is 4.85. The Morgan fingerprint density at radius 2 is 2.31 bits per heavy atom. The highest BCUT2D eigenvalue weighted by Crippen LogP contribution is 2.21. The summed E-state index contributed by atoms with van der Waals surface area (Å²) in [5.41, 5.74) is 0.201. The number of ether oxygens (including phenoxy) is 1. The number of nitrogens with one attached hydrogen (secondary N) is 1. The van der Waals surface area contributed by atoms with Crippen molar-refractivity contribution in [1.82, 2.24) is 5.32 Å². The summed E-state index contributed by atoms with van der Waals surface area (Å²) in [6, 6.07) is 4.08. The molecule has 0 aliphatic rings. The molecule has 16 heavy (non-hydrogen) atoms. The smallest absolute Gasteiger partial charge is 0.257 e. The normalized spacial score (nSPS) is 12.0. The predicted octanol–water partition coefficient (Wildman–Crippen LogP) is 1.00. The van der Waals surface area contributed by atoms with E-state index in [1.807, 2.05) is 0 Å². The zero-order valence-electron chi connectivity index (χ0n) is 9.16. The topological polar surface area (TPSA) is 58.6 Å². The van der Waals surface area contributed by atoms with Gasteiger partial charge in [0.15, 0.2) is 6.61 Å². The van der Waals surface area contributed by atoms with Crippen molar-refractivity contribution in [3.63, 3.8) is 0 Å². The zero-order valence-corrected chi connectivity index (χ0v) is 9.16. The van der Waals surface area contributed by atoms with Crippen molar-refractivity contribution in [2.45, 2.75) is 13.0 Å². The Morgan fingerprint density at radius 3 is 2.81 bits per heavy atom. The number of carbonyl (C=O) groups is 1. The van der Waals surface area contributed by atoms with E-state index >= 15 is 0 Å². The van der Waals surface area contributed by atoms with Crippen LogP contribution < -0.4 is 10.1 Å². The Bertz CT molecular complexity index is 379. The van der Waals surface area contributed by atoms with Crippen LogP contribution in [0, 0.1) is 5.82 Å². The Labute approximate surface area is 93.0 Å². The molecular weight excluding hydrogens is 213 g/mol. The number of likely N-dealkylation sites (N-methyl/N-ethyl adjacent to an activating group) is 1. The van der Waals surface area contributed by atoms with Crippen LogP contribution in [0.15, 0.2) is 18.2 Å². The van der Waals surface area contributed by atoms with Crippen LogP contribution in [0.5, 0.6) is 5.75 Å². The van der Waals surface area contributed by atoms with E-state index in [1.165, 1.54) is 26.1 Å². The van der Waals surface area contributed by atoms with Gasteiger partial charge in [-0.15, -0.1) is 0 Å². The van der Waals surface area contributed by atoms with Gasteiger partial charge in [0.25, 0.3) is 5.91 Å². The van der Waals surface area contributed by atoms with Crippen LogP contribution in [0.1, 0.15) is 18.6 Å². The van der Waals surface area contributed by atoms with E-state index in [2.05, 4.69) is 5.32 Å². The minimum absolute atomic E-state index is 0.163. The molecule has 0 aliphatic carbocycles. The SMILES string of the molecule is CNC(=O)COc1ccc([C@H](C)O)c(F)c1. The lowest BCUT2D eigenvalue weighted by atomic mass is 10.1. The summed E-state index contributed by atoms with van der Waals surface area (Å²) in [4.78, 5) is 10.9. The summed E-state index contributed by atoms with van der Waals surface area (Å²) >= 11 is 0. The van der Waals surface area contributed by atoms with E-state index in [1.54, 1.807) is 0 Å². The number of halogens is 1. The van der Waals surface area contributed by atoms with Gasteiger partial charge in [-0.05, 0) is 19.1 Å². The first kappa shape index (κ1) is 12.4. The molecule has 0 saturated carbocycles. The largest absolute Gasteiger partial charge is 0.484 e. The average Bonchev–Trinajstić information content (AvgIpc) is 2.25. The van der Waals surface area contributed by atoms with Crippen LogP contribution in [-0.4, -0.2) is 24.7 Å². The van der Waals surface area contributed by atoms with Crippen molar-refractivity contribution in [2.24, 2.45) is 0 Å². The van der Waals surface area contributed by atoms with Crippen molar-refractivity contribution < 1.29 is 19.0 Å². The van der Waals surface area contributed by atoms with Crippen molar-refractivity contribution in [2.75, 3.05) is 13.7 Å². The predicted molar refractivity (Wildman–Crippen MR) is 56.6 cm³/mol. The van der Waals surface area contributed by atoms with Gasteiger partial charge in [-0.2, -0.15) is 0 Å². The number of benzene rings is 1. The molecular formula is C11H14FNO3. The Kier molecular flexibility index (Phi) is 4.25. The Morgan fingerprint density at radius 1 is 1.62 bits per heavy atom. The van der Waals surface area contributed by atoms with Gasteiger partial charge < -0.3 is 15.2 Å². The number of hydrogen-bond acceptors (Lipinski definition) is 3. The Balaban J connectivity index is 2.70.